The Kier molecular flexibility index (Phi) is 3.80. The molecule has 1 aromatic carbocycles. The van der Waals surface area contributed by atoms with Crippen LogP contribution in [0.2, 0.25) is 0 Å². The number of sulfonamides is 1. The topological polar surface area (TPSA) is 83.6 Å². The molecule has 5 nitrogen and oxygen atoms in total. The van der Waals surface area contributed by atoms with Gasteiger partial charge in [-0.05, 0) is 30.5 Å². The summed E-state index contributed by atoms with van der Waals surface area (Å²) in [5, 5.41) is 9.32. The van der Waals surface area contributed by atoms with E-state index >= 15 is 0 Å². The summed E-state index contributed by atoms with van der Waals surface area (Å²) in [7, 11) is -3.97. The van der Waals surface area contributed by atoms with Crippen LogP contribution < -0.4 is 5.73 Å². The second-order valence-electron chi connectivity index (χ2n) is 4.82. The average molecular weight is 288 g/mol. The highest BCUT2D eigenvalue weighted by molar-refractivity contribution is 7.89. The minimum atomic E-state index is -3.97. The van der Waals surface area contributed by atoms with Gasteiger partial charge in [0, 0.05) is 12.2 Å². The minimum Gasteiger partial charge on any atom is -0.399 e. The molecule has 0 amide bonds. The van der Waals surface area contributed by atoms with Crippen molar-refractivity contribution < 1.29 is 17.9 Å². The first-order valence-corrected chi connectivity index (χ1v) is 7.49. The van der Waals surface area contributed by atoms with Gasteiger partial charge in [0.1, 0.15) is 10.7 Å². The first-order chi connectivity index (χ1) is 8.87. The fourth-order valence-corrected chi connectivity index (χ4v) is 4.22. The molecule has 7 heteroatoms. The Bertz CT molecular complexity index is 576. The highest BCUT2D eigenvalue weighted by Crippen LogP contribution is 2.31. The van der Waals surface area contributed by atoms with Crippen LogP contribution in [0.25, 0.3) is 0 Å². The number of hydrogen-bond acceptors (Lipinski definition) is 4. The molecule has 3 N–H and O–H groups in total. The lowest BCUT2D eigenvalue weighted by Gasteiger charge is -2.24. The smallest absolute Gasteiger partial charge is 0.246 e. The third-order valence-electron chi connectivity index (χ3n) is 3.56. The number of hydrogen-bond donors (Lipinski definition) is 2. The molecule has 1 aromatic rings. The minimum absolute atomic E-state index is 0.0453. The molecule has 0 aromatic heterocycles. The van der Waals surface area contributed by atoms with Crippen LogP contribution in [0.4, 0.5) is 10.1 Å². The summed E-state index contributed by atoms with van der Waals surface area (Å²) in [5.41, 5.74) is 5.71. The zero-order valence-corrected chi connectivity index (χ0v) is 11.4. The molecule has 2 rings (SSSR count). The van der Waals surface area contributed by atoms with Gasteiger partial charge in [-0.2, -0.15) is 4.31 Å². The van der Waals surface area contributed by atoms with Gasteiger partial charge in [0.25, 0.3) is 0 Å². The first kappa shape index (κ1) is 14.2. The quantitative estimate of drug-likeness (QED) is 0.806. The zero-order chi connectivity index (χ0) is 14.2. The lowest BCUT2D eigenvalue weighted by molar-refractivity contribution is 0.191. The van der Waals surface area contributed by atoms with Crippen molar-refractivity contribution in [3.8, 4) is 0 Å². The number of aliphatic hydroxyl groups excluding tert-OH is 1. The maximum Gasteiger partial charge on any atom is 0.246 e. The van der Waals surface area contributed by atoms with Crippen molar-refractivity contribution >= 4 is 15.7 Å². The third-order valence-corrected chi connectivity index (χ3v) is 5.50. The van der Waals surface area contributed by atoms with Gasteiger partial charge in [0.2, 0.25) is 10.0 Å². The maximum absolute atomic E-state index is 13.7. The van der Waals surface area contributed by atoms with E-state index in [0.29, 0.717) is 6.42 Å². The van der Waals surface area contributed by atoms with Crippen molar-refractivity contribution in [2.24, 2.45) is 5.92 Å². The van der Waals surface area contributed by atoms with E-state index in [1.807, 2.05) is 6.92 Å². The van der Waals surface area contributed by atoms with Crippen LogP contribution in [0.1, 0.15) is 13.3 Å². The molecule has 2 unspecified atom stereocenters. The van der Waals surface area contributed by atoms with Crippen LogP contribution in [0.5, 0.6) is 0 Å². The number of nitrogen functional groups attached to an aromatic ring is 1. The fraction of sp³-hybridized carbons (Fsp3) is 0.500. The second-order valence-corrected chi connectivity index (χ2v) is 6.68. The molecular weight excluding hydrogens is 271 g/mol. The number of halogens is 1. The normalized spacial score (nSPS) is 24.8. The largest absolute Gasteiger partial charge is 0.399 e. The molecular formula is C12H17FN2O3S. The van der Waals surface area contributed by atoms with E-state index in [2.05, 4.69) is 0 Å². The summed E-state index contributed by atoms with van der Waals surface area (Å²) >= 11 is 0. The summed E-state index contributed by atoms with van der Waals surface area (Å²) in [6.07, 6.45) is 0.647. The van der Waals surface area contributed by atoms with E-state index in [4.69, 9.17) is 5.73 Å². The first-order valence-electron chi connectivity index (χ1n) is 6.05. The molecule has 0 aliphatic carbocycles. The molecule has 1 heterocycles. The molecule has 1 aliphatic heterocycles. The predicted molar refractivity (Wildman–Crippen MR) is 69.4 cm³/mol. The Morgan fingerprint density at radius 2 is 2.21 bits per heavy atom. The van der Waals surface area contributed by atoms with Crippen LogP contribution in [0.3, 0.4) is 0 Å². The summed E-state index contributed by atoms with van der Waals surface area (Å²) in [5.74, 6) is -0.783. The standard InChI is InChI=1S/C12H17FN2O3S/c1-8-4-5-15(11(8)7-16)19(17,18)12-6-9(14)2-3-10(12)13/h2-3,6,8,11,16H,4-5,7,14H2,1H3. The molecule has 0 bridgehead atoms. The van der Waals surface area contributed by atoms with Crippen LogP contribution in [-0.2, 0) is 10.0 Å². The van der Waals surface area contributed by atoms with E-state index in [9.17, 15) is 17.9 Å². The summed E-state index contributed by atoms with van der Waals surface area (Å²) in [4.78, 5) is -0.431. The van der Waals surface area contributed by atoms with Crippen LogP contribution in [0.15, 0.2) is 23.1 Å². The lowest BCUT2D eigenvalue weighted by atomic mass is 10.0. The van der Waals surface area contributed by atoms with Crippen LogP contribution in [-0.4, -0.2) is 37.0 Å². The average Bonchev–Trinajstić information content (AvgIpc) is 2.74. The van der Waals surface area contributed by atoms with E-state index in [1.165, 1.54) is 6.07 Å². The summed E-state index contributed by atoms with van der Waals surface area (Å²) in [6, 6.07) is 2.95. The van der Waals surface area contributed by atoms with E-state index in [1.54, 1.807) is 0 Å². The van der Waals surface area contributed by atoms with Gasteiger partial charge in [-0.25, -0.2) is 12.8 Å². The Morgan fingerprint density at radius 1 is 1.53 bits per heavy atom. The van der Waals surface area contributed by atoms with Crippen molar-refractivity contribution in [3.05, 3.63) is 24.0 Å². The van der Waals surface area contributed by atoms with Gasteiger partial charge in [-0.3, -0.25) is 0 Å². The van der Waals surface area contributed by atoms with E-state index in [-0.39, 0.29) is 24.8 Å². The van der Waals surface area contributed by atoms with Gasteiger partial charge < -0.3 is 10.8 Å². The van der Waals surface area contributed by atoms with Crippen LogP contribution in [0, 0.1) is 11.7 Å². The van der Waals surface area contributed by atoms with Gasteiger partial charge in [0.15, 0.2) is 0 Å². The van der Waals surface area contributed by atoms with Crippen LogP contribution >= 0.6 is 0 Å². The monoisotopic (exact) mass is 288 g/mol. The molecule has 1 fully saturated rings. The highest BCUT2D eigenvalue weighted by Gasteiger charge is 2.40. The molecule has 106 valence electrons. The number of rotatable bonds is 3. The highest BCUT2D eigenvalue weighted by atomic mass is 32.2. The van der Waals surface area contributed by atoms with Gasteiger partial charge >= 0.3 is 0 Å². The molecule has 0 spiro atoms. The molecule has 1 saturated heterocycles. The van der Waals surface area contributed by atoms with Gasteiger partial charge in [0.05, 0.1) is 12.6 Å². The van der Waals surface area contributed by atoms with Crippen molar-refractivity contribution in [2.45, 2.75) is 24.3 Å². The second kappa shape index (κ2) is 5.07. The Balaban J connectivity index is 2.45. The SMILES string of the molecule is CC1CCN(S(=O)(=O)c2cc(N)ccc2F)C1CO. The maximum atomic E-state index is 13.7. The Morgan fingerprint density at radius 3 is 2.84 bits per heavy atom. The van der Waals surface area contributed by atoms with Gasteiger partial charge in [-0.15, -0.1) is 0 Å². The molecule has 0 radical (unpaired) electrons. The summed E-state index contributed by atoms with van der Waals surface area (Å²) in [6.45, 7) is 1.87. The van der Waals surface area contributed by atoms with Crippen molar-refractivity contribution in [1.82, 2.24) is 4.31 Å². The Hall–Kier alpha value is -1.18. The van der Waals surface area contributed by atoms with E-state index in [0.717, 1.165) is 16.4 Å². The van der Waals surface area contributed by atoms with Crippen molar-refractivity contribution in [1.29, 1.82) is 0 Å². The molecule has 2 atom stereocenters. The fourth-order valence-electron chi connectivity index (χ4n) is 2.39. The number of anilines is 1. The summed E-state index contributed by atoms with van der Waals surface area (Å²) < 4.78 is 39.8. The van der Waals surface area contributed by atoms with Crippen molar-refractivity contribution in [3.63, 3.8) is 0 Å². The predicted octanol–water partition coefficient (Wildman–Crippen LogP) is 0.799. The molecule has 19 heavy (non-hydrogen) atoms. The molecule has 0 saturated carbocycles. The number of nitrogens with zero attached hydrogens (tertiary/aromatic N) is 1. The molecule has 1 aliphatic rings. The number of nitrogens with two attached hydrogens (primary N) is 1. The van der Waals surface area contributed by atoms with E-state index < -0.39 is 26.8 Å². The van der Waals surface area contributed by atoms with Crippen molar-refractivity contribution in [2.75, 3.05) is 18.9 Å². The number of benzene rings is 1. The lowest BCUT2D eigenvalue weighted by Crippen LogP contribution is -2.40. The Labute approximate surface area is 111 Å². The van der Waals surface area contributed by atoms with Gasteiger partial charge in [-0.1, -0.05) is 6.92 Å². The number of aliphatic hydroxyl groups is 1. The zero-order valence-electron chi connectivity index (χ0n) is 10.6. The third kappa shape index (κ3) is 2.45.